The lowest BCUT2D eigenvalue weighted by Gasteiger charge is -2.45. The van der Waals surface area contributed by atoms with E-state index >= 15 is 0 Å². The van der Waals surface area contributed by atoms with Crippen LogP contribution in [0.5, 0.6) is 0 Å². The minimum Gasteiger partial charge on any atom is -0.310 e. The predicted octanol–water partition coefficient (Wildman–Crippen LogP) is 5.94. The molecular formula is C26H26ClN3O. The summed E-state index contributed by atoms with van der Waals surface area (Å²) < 4.78 is 0. The smallest absolute Gasteiger partial charge is 0.310 e. The lowest BCUT2D eigenvalue weighted by Crippen LogP contribution is -2.52. The minimum absolute atomic E-state index is 0.0230. The number of nitrogens with one attached hydrogen (secondary N) is 1. The second-order valence-electron chi connectivity index (χ2n) is 8.38. The first-order chi connectivity index (χ1) is 15.2. The largest absolute Gasteiger partial charge is 0.322 e. The highest BCUT2D eigenvalue weighted by Crippen LogP contribution is 2.41. The third-order valence-corrected chi connectivity index (χ3v) is 6.61. The number of nitrogens with zero attached hydrogens (tertiary/aromatic N) is 2. The van der Waals surface area contributed by atoms with E-state index in [4.69, 9.17) is 11.6 Å². The van der Waals surface area contributed by atoms with Crippen molar-refractivity contribution in [2.75, 3.05) is 18.4 Å². The summed E-state index contributed by atoms with van der Waals surface area (Å²) in [6, 6.07) is 26.6. The Morgan fingerprint density at radius 3 is 2.42 bits per heavy atom. The maximum Gasteiger partial charge on any atom is 0.322 e. The number of hydrogen-bond acceptors (Lipinski definition) is 2. The Morgan fingerprint density at radius 1 is 0.903 bits per heavy atom. The fraction of sp³-hybridized carbons (Fsp3) is 0.269. The molecular weight excluding hydrogens is 406 g/mol. The fourth-order valence-electron chi connectivity index (χ4n) is 4.89. The van der Waals surface area contributed by atoms with E-state index in [1.165, 1.54) is 5.56 Å². The molecule has 1 unspecified atom stereocenters. The van der Waals surface area contributed by atoms with Crippen LogP contribution in [0, 0.1) is 0 Å². The van der Waals surface area contributed by atoms with E-state index in [0.29, 0.717) is 5.02 Å². The van der Waals surface area contributed by atoms with Crippen molar-refractivity contribution < 1.29 is 4.79 Å². The van der Waals surface area contributed by atoms with Crippen molar-refractivity contribution in [1.82, 2.24) is 9.80 Å². The number of fused-ring (bicyclic) bond motifs is 1. The molecule has 0 aliphatic carbocycles. The molecule has 4 nitrogen and oxygen atoms in total. The number of carbonyl (C=O) groups is 1. The molecule has 0 saturated carbocycles. The molecule has 158 valence electrons. The summed E-state index contributed by atoms with van der Waals surface area (Å²) in [5, 5.41) is 3.81. The molecule has 2 aliphatic heterocycles. The van der Waals surface area contributed by atoms with Crippen LogP contribution in [-0.2, 0) is 6.54 Å². The van der Waals surface area contributed by atoms with Crippen LogP contribution in [0.4, 0.5) is 10.5 Å². The molecule has 1 N–H and O–H groups in total. The molecule has 0 spiro atoms. The van der Waals surface area contributed by atoms with Gasteiger partial charge in [-0.15, -0.1) is 0 Å². The molecule has 1 saturated heterocycles. The van der Waals surface area contributed by atoms with Gasteiger partial charge in [-0.1, -0.05) is 72.3 Å². The van der Waals surface area contributed by atoms with Gasteiger partial charge in [0.15, 0.2) is 0 Å². The summed E-state index contributed by atoms with van der Waals surface area (Å²) in [4.78, 5) is 17.8. The summed E-state index contributed by atoms with van der Waals surface area (Å²) in [7, 11) is 0. The second-order valence-corrected chi connectivity index (χ2v) is 8.81. The van der Waals surface area contributed by atoms with Crippen LogP contribution in [0.15, 0.2) is 78.9 Å². The summed E-state index contributed by atoms with van der Waals surface area (Å²) in [5.41, 5.74) is 4.40. The number of urea groups is 1. The number of para-hydroxylation sites is 1. The van der Waals surface area contributed by atoms with Crippen LogP contribution in [0.25, 0.3) is 0 Å². The average Bonchev–Trinajstić information content (AvgIpc) is 2.79. The van der Waals surface area contributed by atoms with Gasteiger partial charge in [0.05, 0.1) is 6.04 Å². The highest BCUT2D eigenvalue weighted by Gasteiger charge is 2.39. The molecule has 1 atom stereocenters. The Bertz CT molecular complexity index is 1060. The third kappa shape index (κ3) is 4.18. The average molecular weight is 432 g/mol. The van der Waals surface area contributed by atoms with Crippen molar-refractivity contribution in [1.29, 1.82) is 0 Å². The molecule has 3 aromatic carbocycles. The number of carbonyl (C=O) groups excluding carboxylic acids is 1. The van der Waals surface area contributed by atoms with Gasteiger partial charge in [0.1, 0.15) is 0 Å². The monoisotopic (exact) mass is 431 g/mol. The Labute approximate surface area is 188 Å². The lowest BCUT2D eigenvalue weighted by molar-refractivity contribution is 0.106. The lowest BCUT2D eigenvalue weighted by atomic mass is 9.90. The van der Waals surface area contributed by atoms with Crippen molar-refractivity contribution in [3.8, 4) is 0 Å². The summed E-state index contributed by atoms with van der Waals surface area (Å²) in [6.07, 6.45) is 1.92. The van der Waals surface area contributed by atoms with Crippen molar-refractivity contribution in [2.45, 2.75) is 31.5 Å². The normalized spacial score (nSPS) is 19.7. The Morgan fingerprint density at radius 2 is 1.65 bits per heavy atom. The number of rotatable bonds is 4. The first-order valence-electron chi connectivity index (χ1n) is 10.9. The van der Waals surface area contributed by atoms with Crippen LogP contribution < -0.4 is 5.32 Å². The molecule has 2 aliphatic rings. The molecule has 0 bridgehead atoms. The van der Waals surface area contributed by atoms with Gasteiger partial charge in [0.2, 0.25) is 0 Å². The number of halogens is 1. The van der Waals surface area contributed by atoms with Crippen molar-refractivity contribution in [2.24, 2.45) is 0 Å². The Balaban J connectivity index is 1.40. The third-order valence-electron chi connectivity index (χ3n) is 6.37. The first-order valence-corrected chi connectivity index (χ1v) is 11.3. The van der Waals surface area contributed by atoms with Gasteiger partial charge in [-0.05, 0) is 42.2 Å². The van der Waals surface area contributed by atoms with Gasteiger partial charge >= 0.3 is 6.03 Å². The van der Waals surface area contributed by atoms with Gasteiger partial charge in [-0.3, -0.25) is 4.90 Å². The van der Waals surface area contributed by atoms with E-state index in [-0.39, 0.29) is 18.1 Å². The topological polar surface area (TPSA) is 35.6 Å². The van der Waals surface area contributed by atoms with Gasteiger partial charge in [-0.2, -0.15) is 0 Å². The SMILES string of the molecule is O=C1Nc2ccccc2C(c2cccc(Cl)c2)N1C1CCN(Cc2ccccc2)CC1. The number of anilines is 1. The quantitative estimate of drug-likeness (QED) is 0.554. The van der Waals surface area contributed by atoms with Gasteiger partial charge in [-0.25, -0.2) is 4.79 Å². The van der Waals surface area contributed by atoms with Crippen molar-refractivity contribution in [3.05, 3.63) is 101 Å². The van der Waals surface area contributed by atoms with Gasteiger partial charge in [0, 0.05) is 41.9 Å². The summed E-state index contributed by atoms with van der Waals surface area (Å²) in [5.74, 6) is 0. The molecule has 3 aromatic rings. The molecule has 2 amide bonds. The fourth-order valence-corrected chi connectivity index (χ4v) is 5.09. The van der Waals surface area contributed by atoms with Crippen LogP contribution in [0.1, 0.15) is 35.6 Å². The van der Waals surface area contributed by atoms with Crippen LogP contribution in [0.2, 0.25) is 5.02 Å². The molecule has 5 rings (SSSR count). The maximum atomic E-state index is 13.3. The summed E-state index contributed by atoms with van der Waals surface area (Å²) >= 11 is 6.33. The zero-order valence-electron chi connectivity index (χ0n) is 17.4. The minimum atomic E-state index is -0.130. The number of benzene rings is 3. The highest BCUT2D eigenvalue weighted by molar-refractivity contribution is 6.30. The molecule has 1 fully saturated rings. The van der Waals surface area contributed by atoms with Gasteiger partial charge in [0.25, 0.3) is 0 Å². The number of hydrogen-bond donors (Lipinski definition) is 1. The van der Waals surface area contributed by atoms with E-state index in [1.807, 2.05) is 41.3 Å². The highest BCUT2D eigenvalue weighted by atomic mass is 35.5. The van der Waals surface area contributed by atoms with E-state index in [1.54, 1.807) is 0 Å². The summed E-state index contributed by atoms with van der Waals surface area (Å²) in [6.45, 7) is 2.92. The standard InChI is InChI=1S/C26H26ClN3O/c27-21-10-6-9-20(17-21)25-23-11-4-5-12-24(23)28-26(31)30(25)22-13-15-29(16-14-22)18-19-7-2-1-3-8-19/h1-12,17,22,25H,13-16,18H2,(H,28,31). The Hall–Kier alpha value is -2.82. The van der Waals surface area contributed by atoms with Gasteiger partial charge < -0.3 is 10.2 Å². The first kappa shape index (κ1) is 20.1. The van der Waals surface area contributed by atoms with Crippen LogP contribution in [-0.4, -0.2) is 35.0 Å². The predicted molar refractivity (Wildman–Crippen MR) is 125 cm³/mol. The number of amides is 2. The second kappa shape index (κ2) is 8.74. The van der Waals surface area contributed by atoms with E-state index < -0.39 is 0 Å². The molecule has 2 heterocycles. The van der Waals surface area contributed by atoms with E-state index in [9.17, 15) is 4.79 Å². The molecule has 5 heteroatoms. The Kier molecular flexibility index (Phi) is 5.66. The molecule has 0 aromatic heterocycles. The molecule has 0 radical (unpaired) electrons. The van der Waals surface area contributed by atoms with E-state index in [0.717, 1.165) is 49.3 Å². The van der Waals surface area contributed by atoms with Crippen LogP contribution >= 0.6 is 11.6 Å². The number of likely N-dealkylation sites (tertiary alicyclic amines) is 1. The van der Waals surface area contributed by atoms with Crippen molar-refractivity contribution >= 4 is 23.3 Å². The maximum absolute atomic E-state index is 13.3. The number of piperidine rings is 1. The van der Waals surface area contributed by atoms with E-state index in [2.05, 4.69) is 52.7 Å². The van der Waals surface area contributed by atoms with Crippen molar-refractivity contribution in [3.63, 3.8) is 0 Å². The zero-order valence-corrected chi connectivity index (χ0v) is 18.1. The molecule has 31 heavy (non-hydrogen) atoms. The zero-order chi connectivity index (χ0) is 21.2. The van der Waals surface area contributed by atoms with Crippen LogP contribution in [0.3, 0.4) is 0 Å².